The summed E-state index contributed by atoms with van der Waals surface area (Å²) in [6.07, 6.45) is 2.00. The zero-order valence-corrected chi connectivity index (χ0v) is 17.5. The van der Waals surface area contributed by atoms with E-state index in [1.807, 2.05) is 31.3 Å². The second kappa shape index (κ2) is 9.13. The van der Waals surface area contributed by atoms with Gasteiger partial charge in [0.1, 0.15) is 5.75 Å². The number of piperazine rings is 1. The summed E-state index contributed by atoms with van der Waals surface area (Å²) in [6, 6.07) is 15.8. The molecule has 1 aliphatic heterocycles. The SMILES string of the molecule is CN=C(NCCCc1nc2ccccc2s1)N1CCN(c2ccccc2O)CC1. The number of aromatic nitrogens is 1. The third-order valence-corrected chi connectivity index (χ3v) is 6.30. The first kappa shape index (κ1) is 19.5. The number of aliphatic imine (C=N–C) groups is 1. The number of phenols is 1. The second-order valence-electron chi connectivity index (χ2n) is 7.12. The smallest absolute Gasteiger partial charge is 0.193 e. The molecule has 6 nitrogen and oxygen atoms in total. The molecule has 1 saturated heterocycles. The Hall–Kier alpha value is -2.80. The fourth-order valence-corrected chi connectivity index (χ4v) is 4.70. The number of hydrogen-bond donors (Lipinski definition) is 2. The van der Waals surface area contributed by atoms with Gasteiger partial charge >= 0.3 is 0 Å². The molecule has 0 atom stereocenters. The Labute approximate surface area is 175 Å². The van der Waals surface area contributed by atoms with Crippen molar-refractivity contribution in [1.82, 2.24) is 15.2 Å². The van der Waals surface area contributed by atoms with Crippen LogP contribution in [0.25, 0.3) is 10.2 Å². The molecule has 0 amide bonds. The molecule has 7 heteroatoms. The van der Waals surface area contributed by atoms with Crippen LogP contribution in [0.1, 0.15) is 11.4 Å². The van der Waals surface area contributed by atoms with E-state index >= 15 is 0 Å². The molecule has 3 aromatic rings. The highest BCUT2D eigenvalue weighted by Crippen LogP contribution is 2.27. The van der Waals surface area contributed by atoms with Crippen molar-refractivity contribution < 1.29 is 5.11 Å². The zero-order valence-electron chi connectivity index (χ0n) is 16.7. The number of phenolic OH excluding ortho intramolecular Hbond substituents is 1. The average Bonchev–Trinajstić information content (AvgIpc) is 3.17. The van der Waals surface area contributed by atoms with Crippen molar-refractivity contribution in [1.29, 1.82) is 0 Å². The van der Waals surface area contributed by atoms with E-state index in [9.17, 15) is 5.11 Å². The van der Waals surface area contributed by atoms with Crippen molar-refractivity contribution in [2.75, 3.05) is 44.7 Å². The Kier molecular flexibility index (Phi) is 6.14. The van der Waals surface area contributed by atoms with Gasteiger partial charge in [0.2, 0.25) is 0 Å². The van der Waals surface area contributed by atoms with Gasteiger partial charge in [-0.3, -0.25) is 4.99 Å². The molecule has 0 spiro atoms. The molecule has 152 valence electrons. The van der Waals surface area contributed by atoms with Gasteiger partial charge in [0.05, 0.1) is 20.9 Å². The maximum atomic E-state index is 10.1. The molecule has 0 bridgehead atoms. The molecule has 0 aliphatic carbocycles. The maximum absolute atomic E-state index is 10.1. The molecule has 0 radical (unpaired) electrons. The molecule has 2 N–H and O–H groups in total. The van der Waals surface area contributed by atoms with Crippen molar-refractivity contribution in [2.24, 2.45) is 4.99 Å². The van der Waals surface area contributed by atoms with Crippen molar-refractivity contribution in [3.05, 3.63) is 53.5 Å². The van der Waals surface area contributed by atoms with Crippen molar-refractivity contribution in [2.45, 2.75) is 12.8 Å². The number of nitrogens with one attached hydrogen (secondary N) is 1. The standard InChI is InChI=1S/C22H27N5OS/c1-23-22(24-12-6-11-21-25-17-7-2-5-10-20(17)29-21)27-15-13-26(14-16-27)18-8-3-4-9-19(18)28/h2-5,7-10,28H,6,11-16H2,1H3,(H,23,24). The van der Waals surface area contributed by atoms with Crippen LogP contribution in [0.4, 0.5) is 5.69 Å². The number of anilines is 1. The minimum absolute atomic E-state index is 0.346. The summed E-state index contributed by atoms with van der Waals surface area (Å²) in [7, 11) is 1.84. The first-order valence-electron chi connectivity index (χ1n) is 10.1. The highest BCUT2D eigenvalue weighted by molar-refractivity contribution is 7.18. The second-order valence-corrected chi connectivity index (χ2v) is 8.23. The fourth-order valence-electron chi connectivity index (χ4n) is 3.69. The Morgan fingerprint density at radius 3 is 2.62 bits per heavy atom. The van der Waals surface area contributed by atoms with E-state index in [0.717, 1.165) is 62.7 Å². The van der Waals surface area contributed by atoms with E-state index in [-0.39, 0.29) is 0 Å². The van der Waals surface area contributed by atoms with Crippen LogP contribution in [0.15, 0.2) is 53.5 Å². The fraction of sp³-hybridized carbons (Fsp3) is 0.364. The summed E-state index contributed by atoms with van der Waals surface area (Å²) in [4.78, 5) is 13.7. The molecule has 1 fully saturated rings. The lowest BCUT2D eigenvalue weighted by molar-refractivity contribution is 0.369. The largest absolute Gasteiger partial charge is 0.506 e. The minimum atomic E-state index is 0.346. The number of para-hydroxylation sites is 3. The lowest BCUT2D eigenvalue weighted by atomic mass is 10.2. The molecule has 2 aromatic carbocycles. The van der Waals surface area contributed by atoms with Gasteiger partial charge in [-0.25, -0.2) is 4.98 Å². The normalized spacial score (nSPS) is 15.1. The first-order chi connectivity index (χ1) is 14.2. The summed E-state index contributed by atoms with van der Waals surface area (Å²) in [6.45, 7) is 4.37. The number of guanidine groups is 1. The Morgan fingerprint density at radius 2 is 1.86 bits per heavy atom. The van der Waals surface area contributed by atoms with E-state index < -0.39 is 0 Å². The van der Waals surface area contributed by atoms with E-state index in [0.29, 0.717) is 5.75 Å². The number of aromatic hydroxyl groups is 1. The van der Waals surface area contributed by atoms with Crippen LogP contribution < -0.4 is 10.2 Å². The van der Waals surface area contributed by atoms with E-state index in [1.165, 1.54) is 9.71 Å². The van der Waals surface area contributed by atoms with Gasteiger partial charge < -0.3 is 20.2 Å². The number of benzene rings is 2. The van der Waals surface area contributed by atoms with Crippen LogP contribution in [-0.2, 0) is 6.42 Å². The maximum Gasteiger partial charge on any atom is 0.193 e. The van der Waals surface area contributed by atoms with Crippen molar-refractivity contribution >= 4 is 33.2 Å². The number of nitrogens with zero attached hydrogens (tertiary/aromatic N) is 4. The third kappa shape index (κ3) is 4.62. The van der Waals surface area contributed by atoms with Crippen LogP contribution in [0.5, 0.6) is 5.75 Å². The predicted molar refractivity (Wildman–Crippen MR) is 121 cm³/mol. The minimum Gasteiger partial charge on any atom is -0.506 e. The number of aryl methyl sites for hydroxylation is 1. The average molecular weight is 410 g/mol. The molecular formula is C22H27N5OS. The highest BCUT2D eigenvalue weighted by atomic mass is 32.1. The molecule has 1 aromatic heterocycles. The number of hydrogen-bond acceptors (Lipinski definition) is 5. The van der Waals surface area contributed by atoms with E-state index in [1.54, 1.807) is 17.4 Å². The third-order valence-electron chi connectivity index (χ3n) is 5.20. The molecule has 0 unspecified atom stereocenters. The molecular weight excluding hydrogens is 382 g/mol. The first-order valence-corrected chi connectivity index (χ1v) is 10.9. The quantitative estimate of drug-likeness (QED) is 0.384. The summed E-state index contributed by atoms with van der Waals surface area (Å²) >= 11 is 1.78. The summed E-state index contributed by atoms with van der Waals surface area (Å²) < 4.78 is 1.26. The molecule has 4 rings (SSSR count). The van der Waals surface area contributed by atoms with Crippen LogP contribution in [-0.4, -0.2) is 60.7 Å². The van der Waals surface area contributed by atoms with Gasteiger partial charge in [0, 0.05) is 46.2 Å². The van der Waals surface area contributed by atoms with E-state index in [4.69, 9.17) is 4.98 Å². The molecule has 2 heterocycles. The Morgan fingerprint density at radius 1 is 1.10 bits per heavy atom. The topological polar surface area (TPSA) is 64.0 Å². The van der Waals surface area contributed by atoms with Gasteiger partial charge in [-0.1, -0.05) is 24.3 Å². The van der Waals surface area contributed by atoms with Crippen molar-refractivity contribution in [3.63, 3.8) is 0 Å². The molecule has 29 heavy (non-hydrogen) atoms. The number of thiazole rings is 1. The van der Waals surface area contributed by atoms with Gasteiger partial charge in [0.25, 0.3) is 0 Å². The monoisotopic (exact) mass is 409 g/mol. The van der Waals surface area contributed by atoms with Gasteiger partial charge in [-0.2, -0.15) is 0 Å². The van der Waals surface area contributed by atoms with E-state index in [2.05, 4.69) is 38.3 Å². The summed E-state index contributed by atoms with van der Waals surface area (Å²) in [5.74, 6) is 1.30. The Bertz CT molecular complexity index is 945. The predicted octanol–water partition coefficient (Wildman–Crippen LogP) is 3.33. The van der Waals surface area contributed by atoms with Gasteiger partial charge in [-0.05, 0) is 30.7 Å². The van der Waals surface area contributed by atoms with Gasteiger partial charge in [0.15, 0.2) is 5.96 Å². The molecule has 0 saturated carbocycles. The van der Waals surface area contributed by atoms with Crippen LogP contribution >= 0.6 is 11.3 Å². The summed E-state index contributed by atoms with van der Waals surface area (Å²) in [5.41, 5.74) is 2.00. The lowest BCUT2D eigenvalue weighted by Gasteiger charge is -2.37. The van der Waals surface area contributed by atoms with Gasteiger partial charge in [-0.15, -0.1) is 11.3 Å². The Balaban J connectivity index is 1.24. The zero-order chi connectivity index (χ0) is 20.1. The highest BCUT2D eigenvalue weighted by Gasteiger charge is 2.21. The lowest BCUT2D eigenvalue weighted by Crippen LogP contribution is -2.52. The van der Waals surface area contributed by atoms with Crippen molar-refractivity contribution in [3.8, 4) is 5.75 Å². The van der Waals surface area contributed by atoms with Crippen LogP contribution in [0.3, 0.4) is 0 Å². The van der Waals surface area contributed by atoms with Crippen LogP contribution in [0, 0.1) is 0 Å². The number of fused-ring (bicyclic) bond motifs is 1. The number of rotatable bonds is 5. The summed E-state index contributed by atoms with van der Waals surface area (Å²) in [5, 5.41) is 14.8. The molecule has 1 aliphatic rings. The van der Waals surface area contributed by atoms with Crippen LogP contribution in [0.2, 0.25) is 0 Å².